The fourth-order valence-corrected chi connectivity index (χ4v) is 3.92. The molecular weight excluding hydrogens is 302 g/mol. The average molecular weight is 327 g/mol. The quantitative estimate of drug-likeness (QED) is 0.799. The van der Waals surface area contributed by atoms with Gasteiger partial charge >= 0.3 is 0 Å². The van der Waals surface area contributed by atoms with Crippen molar-refractivity contribution in [1.82, 2.24) is 25.1 Å². The highest BCUT2D eigenvalue weighted by molar-refractivity contribution is 5.52. The molecule has 1 saturated heterocycles. The summed E-state index contributed by atoms with van der Waals surface area (Å²) in [4.78, 5) is 8.87. The number of aromatic nitrogens is 4. The van der Waals surface area contributed by atoms with Crippen LogP contribution in [0.5, 0.6) is 0 Å². The van der Waals surface area contributed by atoms with Crippen LogP contribution in [0, 0.1) is 5.41 Å². The first-order valence-corrected chi connectivity index (χ1v) is 8.77. The molecule has 0 atom stereocenters. The predicted molar refractivity (Wildman–Crippen MR) is 94.3 cm³/mol. The molecule has 1 aliphatic carbocycles. The van der Waals surface area contributed by atoms with Crippen molar-refractivity contribution in [2.75, 3.05) is 23.7 Å². The monoisotopic (exact) mass is 327 g/mol. The molecule has 2 aliphatic rings. The fourth-order valence-electron chi connectivity index (χ4n) is 3.92. The van der Waals surface area contributed by atoms with E-state index in [1.54, 1.807) is 17.1 Å². The highest BCUT2D eigenvalue weighted by Crippen LogP contribution is 2.41. The average Bonchev–Trinajstić information content (AvgIpc) is 3.20. The minimum absolute atomic E-state index is 0.511. The van der Waals surface area contributed by atoms with Crippen LogP contribution in [0.3, 0.4) is 0 Å². The van der Waals surface area contributed by atoms with Crippen LogP contribution in [0.1, 0.15) is 32.1 Å². The van der Waals surface area contributed by atoms with E-state index in [-0.39, 0.29) is 0 Å². The van der Waals surface area contributed by atoms with Gasteiger partial charge < -0.3 is 16.0 Å². The number of nitrogens with zero attached hydrogens (tertiary/aromatic N) is 4. The molecular formula is C17H25N7. The molecule has 0 bridgehead atoms. The first-order chi connectivity index (χ1) is 11.7. The summed E-state index contributed by atoms with van der Waals surface area (Å²) in [6, 6.07) is 2.45. The lowest BCUT2D eigenvalue weighted by molar-refractivity contribution is 0.206. The van der Waals surface area contributed by atoms with E-state index in [0.29, 0.717) is 17.4 Å². The van der Waals surface area contributed by atoms with Gasteiger partial charge in [0.15, 0.2) is 0 Å². The van der Waals surface area contributed by atoms with Gasteiger partial charge in [-0.1, -0.05) is 0 Å². The zero-order valence-corrected chi connectivity index (χ0v) is 14.1. The summed E-state index contributed by atoms with van der Waals surface area (Å²) in [5, 5.41) is 14.4. The molecule has 4 rings (SSSR count). The summed E-state index contributed by atoms with van der Waals surface area (Å²) in [7, 11) is 1.89. The molecule has 0 amide bonds. The second-order valence-electron chi connectivity index (χ2n) is 7.14. The Morgan fingerprint density at radius 3 is 2.88 bits per heavy atom. The van der Waals surface area contributed by atoms with Gasteiger partial charge in [0.2, 0.25) is 5.95 Å². The highest BCUT2D eigenvalue weighted by Gasteiger charge is 2.37. The van der Waals surface area contributed by atoms with E-state index in [1.165, 1.54) is 45.2 Å². The van der Waals surface area contributed by atoms with Crippen LogP contribution >= 0.6 is 0 Å². The van der Waals surface area contributed by atoms with Gasteiger partial charge in [-0.05, 0) is 50.1 Å². The Bertz CT molecular complexity index is 680. The normalized spacial score (nSPS) is 26.6. The predicted octanol–water partition coefficient (Wildman–Crippen LogP) is 2.29. The van der Waals surface area contributed by atoms with E-state index >= 15 is 0 Å². The van der Waals surface area contributed by atoms with Gasteiger partial charge in [0, 0.05) is 32.0 Å². The van der Waals surface area contributed by atoms with E-state index in [0.717, 1.165) is 11.5 Å². The lowest BCUT2D eigenvalue weighted by atomic mass is 9.72. The molecule has 2 aromatic heterocycles. The maximum atomic E-state index is 4.58. The molecule has 24 heavy (non-hydrogen) atoms. The van der Waals surface area contributed by atoms with Crippen molar-refractivity contribution in [1.29, 1.82) is 0 Å². The minimum Gasteiger partial charge on any atom is -0.367 e. The van der Waals surface area contributed by atoms with E-state index in [4.69, 9.17) is 0 Å². The molecule has 7 heteroatoms. The molecule has 128 valence electrons. The van der Waals surface area contributed by atoms with Crippen molar-refractivity contribution >= 4 is 17.5 Å². The summed E-state index contributed by atoms with van der Waals surface area (Å²) in [5.74, 6) is 1.49. The van der Waals surface area contributed by atoms with Crippen LogP contribution < -0.4 is 16.0 Å². The largest absolute Gasteiger partial charge is 0.367 e. The van der Waals surface area contributed by atoms with Crippen LogP contribution in [0.15, 0.2) is 24.7 Å². The van der Waals surface area contributed by atoms with Gasteiger partial charge in [0.1, 0.15) is 5.82 Å². The smallest absolute Gasteiger partial charge is 0.229 e. The molecule has 1 saturated carbocycles. The summed E-state index contributed by atoms with van der Waals surface area (Å²) in [5.41, 5.74) is 1.46. The summed E-state index contributed by atoms with van der Waals surface area (Å²) in [6.45, 7) is 2.39. The minimum atomic E-state index is 0.511. The van der Waals surface area contributed by atoms with E-state index < -0.39 is 0 Å². The molecule has 0 radical (unpaired) electrons. The summed E-state index contributed by atoms with van der Waals surface area (Å²) in [6.07, 6.45) is 11.9. The SMILES string of the molecule is Cn1cc(Nc2nccc(NC3CCC4(CCNC4)CC3)n2)cn1. The topological polar surface area (TPSA) is 79.7 Å². The van der Waals surface area contributed by atoms with Crippen molar-refractivity contribution in [3.05, 3.63) is 24.7 Å². The zero-order valence-electron chi connectivity index (χ0n) is 14.1. The van der Waals surface area contributed by atoms with Crippen molar-refractivity contribution in [2.45, 2.75) is 38.1 Å². The highest BCUT2D eigenvalue weighted by atomic mass is 15.3. The van der Waals surface area contributed by atoms with Crippen molar-refractivity contribution in [2.24, 2.45) is 12.5 Å². The first kappa shape index (κ1) is 15.4. The second-order valence-corrected chi connectivity index (χ2v) is 7.14. The third-order valence-electron chi connectivity index (χ3n) is 5.35. The Morgan fingerprint density at radius 1 is 1.29 bits per heavy atom. The van der Waals surface area contributed by atoms with Crippen LogP contribution in [-0.2, 0) is 7.05 Å². The molecule has 0 aromatic carbocycles. The number of nitrogens with one attached hydrogen (secondary N) is 3. The van der Waals surface area contributed by atoms with E-state index in [9.17, 15) is 0 Å². The van der Waals surface area contributed by atoms with Crippen LogP contribution in [0.25, 0.3) is 0 Å². The van der Waals surface area contributed by atoms with Crippen molar-refractivity contribution < 1.29 is 0 Å². The molecule has 2 aromatic rings. The van der Waals surface area contributed by atoms with Gasteiger partial charge in [-0.25, -0.2) is 4.98 Å². The standard InChI is InChI=1S/C17H25N7/c1-24-11-14(10-20-24)22-16-19-8-4-15(23-16)21-13-2-5-17(6-3-13)7-9-18-12-17/h4,8,10-11,13,18H,2-3,5-7,9,12H2,1H3,(H2,19,21,22,23). The number of hydrogen-bond donors (Lipinski definition) is 3. The lowest BCUT2D eigenvalue weighted by Crippen LogP contribution is -2.35. The number of anilines is 3. The van der Waals surface area contributed by atoms with Gasteiger partial charge in [-0.3, -0.25) is 4.68 Å². The van der Waals surface area contributed by atoms with E-state index in [1.807, 2.05) is 19.3 Å². The first-order valence-electron chi connectivity index (χ1n) is 8.77. The van der Waals surface area contributed by atoms with Gasteiger partial charge in [0.05, 0.1) is 11.9 Å². The molecule has 0 unspecified atom stereocenters. The maximum absolute atomic E-state index is 4.58. The maximum Gasteiger partial charge on any atom is 0.229 e. The molecule has 3 N–H and O–H groups in total. The number of aryl methyl sites for hydroxylation is 1. The molecule has 7 nitrogen and oxygen atoms in total. The third-order valence-corrected chi connectivity index (χ3v) is 5.35. The molecule has 1 aliphatic heterocycles. The summed E-state index contributed by atoms with van der Waals surface area (Å²) < 4.78 is 1.75. The molecule has 1 spiro atoms. The molecule has 3 heterocycles. The summed E-state index contributed by atoms with van der Waals surface area (Å²) >= 11 is 0. The Hall–Kier alpha value is -2.15. The van der Waals surface area contributed by atoms with Gasteiger partial charge in [0.25, 0.3) is 0 Å². The van der Waals surface area contributed by atoms with Crippen LogP contribution in [-0.4, -0.2) is 38.9 Å². The zero-order chi connectivity index (χ0) is 16.4. The van der Waals surface area contributed by atoms with Crippen LogP contribution in [0.4, 0.5) is 17.5 Å². The Balaban J connectivity index is 1.36. The third kappa shape index (κ3) is 3.36. The number of hydrogen-bond acceptors (Lipinski definition) is 6. The Morgan fingerprint density at radius 2 is 2.17 bits per heavy atom. The van der Waals surface area contributed by atoms with Crippen LogP contribution in [0.2, 0.25) is 0 Å². The van der Waals surface area contributed by atoms with Crippen molar-refractivity contribution in [3.63, 3.8) is 0 Å². The van der Waals surface area contributed by atoms with Gasteiger partial charge in [-0.2, -0.15) is 10.1 Å². The Kier molecular flexibility index (Phi) is 4.10. The molecule has 2 fully saturated rings. The van der Waals surface area contributed by atoms with Crippen molar-refractivity contribution in [3.8, 4) is 0 Å². The Labute approximate surface area is 142 Å². The second kappa shape index (κ2) is 6.39. The van der Waals surface area contributed by atoms with Gasteiger partial charge in [-0.15, -0.1) is 0 Å². The van der Waals surface area contributed by atoms with E-state index in [2.05, 4.69) is 31.0 Å². The number of rotatable bonds is 4. The fraction of sp³-hybridized carbons (Fsp3) is 0.588. The lowest BCUT2D eigenvalue weighted by Gasteiger charge is -2.37.